The van der Waals surface area contributed by atoms with Gasteiger partial charge in [-0.05, 0) is 33.6 Å². The molecule has 0 unspecified atom stereocenters. The number of aliphatic carboxylic acids is 1. The molecule has 0 spiro atoms. The van der Waals surface area contributed by atoms with Gasteiger partial charge in [-0.3, -0.25) is 9.79 Å². The van der Waals surface area contributed by atoms with Crippen molar-refractivity contribution in [3.8, 4) is 5.75 Å². The summed E-state index contributed by atoms with van der Waals surface area (Å²) in [5.74, 6) is 4.29. The molecule has 0 heterocycles. The Kier molecular flexibility index (Phi) is 11.4. The minimum atomic E-state index is -1.22. The lowest BCUT2D eigenvalue weighted by Crippen LogP contribution is -2.36. The van der Waals surface area contributed by atoms with E-state index in [4.69, 9.17) is 16.2 Å². The summed E-state index contributed by atoms with van der Waals surface area (Å²) >= 11 is 3.19. The molecular weight excluding hydrogens is 474 g/mol. The number of halogens is 1. The summed E-state index contributed by atoms with van der Waals surface area (Å²) in [7, 11) is 2.96. The number of phenols is 1. The standard InChI is InChI=1S/C15H20BrN5O5S2/c16-10-7-9(1-2-12(10)22)8-11(21-26)14(23)19-4-6-28-27-5-3-18-13(20-17)15(24)25/h1-2,7,22,26H,3-6,8,17H2,(H,18,20)(H,19,23)(H,24,25)/b21-11-. The average molecular weight is 494 g/mol. The zero-order valence-corrected chi connectivity index (χ0v) is 17.8. The predicted molar refractivity (Wildman–Crippen MR) is 114 cm³/mol. The molecule has 1 rings (SSSR count). The van der Waals surface area contributed by atoms with Crippen LogP contribution in [0.3, 0.4) is 0 Å². The van der Waals surface area contributed by atoms with Crippen LogP contribution in [-0.4, -0.2) is 63.4 Å². The second-order valence-electron chi connectivity index (χ2n) is 5.09. The second-order valence-corrected chi connectivity index (χ2v) is 8.65. The Morgan fingerprint density at radius 1 is 1.25 bits per heavy atom. The fraction of sp³-hybridized carbons (Fsp3) is 0.333. The molecule has 0 aliphatic heterocycles. The molecule has 0 saturated carbocycles. The highest BCUT2D eigenvalue weighted by molar-refractivity contribution is 9.10. The van der Waals surface area contributed by atoms with E-state index in [0.29, 0.717) is 34.6 Å². The molecule has 7 N–H and O–H groups in total. The molecule has 0 atom stereocenters. The maximum absolute atomic E-state index is 12.1. The Morgan fingerprint density at radius 3 is 2.57 bits per heavy atom. The van der Waals surface area contributed by atoms with Gasteiger partial charge >= 0.3 is 5.97 Å². The summed E-state index contributed by atoms with van der Waals surface area (Å²) in [6.07, 6.45) is 0.113. The molecule has 13 heteroatoms. The third-order valence-corrected chi connectivity index (χ3v) is 6.13. The maximum Gasteiger partial charge on any atom is 0.372 e. The third kappa shape index (κ3) is 8.82. The average Bonchev–Trinajstić information content (AvgIpc) is 2.67. The first-order chi connectivity index (χ1) is 13.4. The molecule has 0 aromatic heterocycles. The van der Waals surface area contributed by atoms with Gasteiger partial charge in [-0.2, -0.15) is 0 Å². The van der Waals surface area contributed by atoms with Gasteiger partial charge in [0.2, 0.25) is 5.84 Å². The predicted octanol–water partition coefficient (Wildman–Crippen LogP) is 0.971. The molecule has 1 aromatic rings. The number of carbonyl (C=O) groups is 2. The number of carbonyl (C=O) groups excluding carboxylic acids is 1. The van der Waals surface area contributed by atoms with Gasteiger partial charge in [0, 0.05) is 24.5 Å². The van der Waals surface area contributed by atoms with Crippen LogP contribution in [-0.2, 0) is 16.0 Å². The molecule has 0 aliphatic rings. The monoisotopic (exact) mass is 493 g/mol. The maximum atomic E-state index is 12.1. The van der Waals surface area contributed by atoms with Crippen LogP contribution in [0.1, 0.15) is 5.56 Å². The first-order valence-electron chi connectivity index (χ1n) is 7.84. The summed E-state index contributed by atoms with van der Waals surface area (Å²) in [5, 5.41) is 33.0. The van der Waals surface area contributed by atoms with Crippen molar-refractivity contribution in [2.75, 3.05) is 24.6 Å². The summed E-state index contributed by atoms with van der Waals surface area (Å²) < 4.78 is 0.484. The van der Waals surface area contributed by atoms with Gasteiger partial charge in [0.15, 0.2) is 0 Å². The number of phenolic OH excluding ortho intramolecular Hbond substituents is 1. The highest BCUT2D eigenvalue weighted by atomic mass is 79.9. The summed E-state index contributed by atoms with van der Waals surface area (Å²) in [4.78, 5) is 26.5. The van der Waals surface area contributed by atoms with E-state index in [1.807, 2.05) is 5.43 Å². The molecule has 0 aliphatic carbocycles. The van der Waals surface area contributed by atoms with Crippen LogP contribution in [0.2, 0.25) is 0 Å². The van der Waals surface area contributed by atoms with Gasteiger partial charge in [-0.15, -0.1) is 0 Å². The van der Waals surface area contributed by atoms with E-state index in [9.17, 15) is 14.7 Å². The number of amides is 1. The number of hydrogen-bond acceptors (Lipinski definition) is 9. The normalized spacial score (nSPS) is 11.9. The van der Waals surface area contributed by atoms with Crippen LogP contribution in [0.15, 0.2) is 32.8 Å². The topological polar surface area (TPSA) is 170 Å². The van der Waals surface area contributed by atoms with Crippen molar-refractivity contribution in [1.82, 2.24) is 10.7 Å². The number of carboxylic acids is 1. The number of amidine groups is 1. The molecule has 0 saturated heterocycles. The Labute approximate surface area is 177 Å². The van der Waals surface area contributed by atoms with Crippen LogP contribution >= 0.6 is 37.5 Å². The Bertz CT molecular complexity index is 748. The quantitative estimate of drug-likeness (QED) is 0.0528. The summed E-state index contributed by atoms with van der Waals surface area (Å²) in [5.41, 5.74) is 2.66. The Balaban J connectivity index is 2.27. The van der Waals surface area contributed by atoms with Crippen LogP contribution in [0.4, 0.5) is 0 Å². The first-order valence-corrected chi connectivity index (χ1v) is 11.1. The molecule has 1 amide bonds. The molecule has 1 aromatic carbocycles. The highest BCUT2D eigenvalue weighted by Gasteiger charge is 2.13. The molecule has 0 bridgehead atoms. The minimum absolute atomic E-state index is 0.0416. The van der Waals surface area contributed by atoms with Gasteiger partial charge in [-0.25, -0.2) is 10.6 Å². The number of nitrogens with two attached hydrogens (primary N) is 1. The van der Waals surface area contributed by atoms with E-state index in [0.717, 1.165) is 0 Å². The summed E-state index contributed by atoms with van der Waals surface area (Å²) in [6.45, 7) is 0.655. The van der Waals surface area contributed by atoms with Gasteiger partial charge in [0.1, 0.15) is 11.5 Å². The van der Waals surface area contributed by atoms with Crippen molar-refractivity contribution >= 4 is 60.9 Å². The SMILES string of the molecule is NNC(=NCCSSCCNC(=O)/C(Cc1ccc(O)c(Br)c1)=N\O)C(=O)O. The van der Waals surface area contributed by atoms with Crippen molar-refractivity contribution < 1.29 is 25.0 Å². The number of aromatic hydroxyl groups is 1. The number of hydrogen-bond donors (Lipinski definition) is 6. The molecule has 10 nitrogen and oxygen atoms in total. The van der Waals surface area contributed by atoms with Crippen molar-refractivity contribution in [3.63, 3.8) is 0 Å². The van der Waals surface area contributed by atoms with Crippen LogP contribution in [0.25, 0.3) is 0 Å². The minimum Gasteiger partial charge on any atom is -0.507 e. The number of rotatable bonds is 10. The van der Waals surface area contributed by atoms with Gasteiger partial charge in [-0.1, -0.05) is 32.8 Å². The number of nitrogens with one attached hydrogen (secondary N) is 2. The Morgan fingerprint density at radius 2 is 1.96 bits per heavy atom. The van der Waals surface area contributed by atoms with Crippen molar-refractivity contribution in [2.24, 2.45) is 16.0 Å². The lowest BCUT2D eigenvalue weighted by atomic mass is 10.1. The fourth-order valence-electron chi connectivity index (χ4n) is 1.81. The van der Waals surface area contributed by atoms with Crippen molar-refractivity contribution in [1.29, 1.82) is 0 Å². The van der Waals surface area contributed by atoms with E-state index in [1.165, 1.54) is 27.7 Å². The molecule has 28 heavy (non-hydrogen) atoms. The number of hydrazine groups is 1. The van der Waals surface area contributed by atoms with Crippen LogP contribution in [0.5, 0.6) is 5.75 Å². The zero-order chi connectivity index (χ0) is 20.9. The Hall–Kier alpha value is -1.96. The molecule has 0 radical (unpaired) electrons. The van der Waals surface area contributed by atoms with E-state index in [1.54, 1.807) is 12.1 Å². The number of aliphatic imine (C=N–C) groups is 1. The first kappa shape index (κ1) is 24.1. The fourth-order valence-corrected chi connectivity index (χ4v) is 4.00. The highest BCUT2D eigenvalue weighted by Crippen LogP contribution is 2.24. The number of benzene rings is 1. The van der Waals surface area contributed by atoms with Crippen LogP contribution in [0, 0.1) is 0 Å². The zero-order valence-electron chi connectivity index (χ0n) is 14.6. The second kappa shape index (κ2) is 13.3. The molecular formula is C15H20BrN5O5S2. The van der Waals surface area contributed by atoms with Gasteiger partial charge in [0.05, 0.1) is 11.0 Å². The van der Waals surface area contributed by atoms with E-state index in [2.05, 4.69) is 31.4 Å². The number of oxime groups is 1. The molecule has 154 valence electrons. The van der Waals surface area contributed by atoms with E-state index >= 15 is 0 Å². The number of nitrogens with zero attached hydrogens (tertiary/aromatic N) is 2. The van der Waals surface area contributed by atoms with Crippen molar-refractivity contribution in [3.05, 3.63) is 28.2 Å². The largest absolute Gasteiger partial charge is 0.507 e. The lowest BCUT2D eigenvalue weighted by molar-refractivity contribution is -0.129. The smallest absolute Gasteiger partial charge is 0.372 e. The summed E-state index contributed by atoms with van der Waals surface area (Å²) in [6, 6.07) is 4.75. The van der Waals surface area contributed by atoms with E-state index in [-0.39, 0.29) is 23.7 Å². The van der Waals surface area contributed by atoms with E-state index < -0.39 is 11.9 Å². The van der Waals surface area contributed by atoms with Gasteiger partial charge < -0.3 is 26.2 Å². The van der Waals surface area contributed by atoms with Gasteiger partial charge in [0.25, 0.3) is 5.91 Å². The van der Waals surface area contributed by atoms with Crippen molar-refractivity contribution in [2.45, 2.75) is 6.42 Å². The third-order valence-electron chi connectivity index (χ3n) is 3.10. The molecule has 0 fully saturated rings. The lowest BCUT2D eigenvalue weighted by Gasteiger charge is -2.07. The van der Waals surface area contributed by atoms with Crippen LogP contribution < -0.4 is 16.6 Å². The number of carboxylic acid groups (broad SMARTS) is 1.